The zero-order valence-electron chi connectivity index (χ0n) is 13.1. The smallest absolute Gasteiger partial charge is 0.313 e. The van der Waals surface area contributed by atoms with E-state index in [1.165, 1.54) is 7.11 Å². The molecule has 0 aliphatic rings. The molecule has 0 bridgehead atoms. The van der Waals surface area contributed by atoms with Gasteiger partial charge in [-0.3, -0.25) is 14.4 Å². The lowest BCUT2D eigenvalue weighted by Gasteiger charge is -2.11. The van der Waals surface area contributed by atoms with E-state index in [-0.39, 0.29) is 18.0 Å². The summed E-state index contributed by atoms with van der Waals surface area (Å²) in [6.07, 6.45) is -0.269. The van der Waals surface area contributed by atoms with Crippen molar-refractivity contribution in [3.63, 3.8) is 0 Å². The van der Waals surface area contributed by atoms with Crippen LogP contribution in [-0.2, 0) is 14.3 Å². The zero-order chi connectivity index (χ0) is 16.8. The van der Waals surface area contributed by atoms with Gasteiger partial charge >= 0.3 is 5.97 Å². The molecule has 0 aliphatic carbocycles. The van der Waals surface area contributed by atoms with Crippen LogP contribution in [0.2, 0.25) is 0 Å². The summed E-state index contributed by atoms with van der Waals surface area (Å²) < 4.78 is 4.51. The summed E-state index contributed by atoms with van der Waals surface area (Å²) in [4.78, 5) is 35.8. The van der Waals surface area contributed by atoms with Crippen molar-refractivity contribution in [1.29, 1.82) is 0 Å². The van der Waals surface area contributed by atoms with Crippen LogP contribution >= 0.6 is 0 Å². The summed E-state index contributed by atoms with van der Waals surface area (Å²) >= 11 is 0. The molecule has 0 aliphatic heterocycles. The fourth-order valence-corrected chi connectivity index (χ4v) is 2.26. The second-order valence-corrected chi connectivity index (χ2v) is 5.26. The number of hydrogen-bond donors (Lipinski definition) is 0. The molecule has 2 aromatic rings. The first-order valence-electron chi connectivity index (χ1n) is 7.32. The molecule has 0 saturated carbocycles. The lowest BCUT2D eigenvalue weighted by molar-refractivity contribution is -0.143. The van der Waals surface area contributed by atoms with Gasteiger partial charge in [0.2, 0.25) is 0 Å². The number of hydrogen-bond acceptors (Lipinski definition) is 4. The second kappa shape index (κ2) is 7.49. The van der Waals surface area contributed by atoms with Crippen LogP contribution in [0.3, 0.4) is 0 Å². The molecule has 118 valence electrons. The third-order valence-corrected chi connectivity index (χ3v) is 3.71. The maximum absolute atomic E-state index is 12.5. The summed E-state index contributed by atoms with van der Waals surface area (Å²) in [6, 6.07) is 15.9. The second-order valence-electron chi connectivity index (χ2n) is 5.26. The fourth-order valence-electron chi connectivity index (χ4n) is 2.26. The molecule has 0 spiro atoms. The predicted octanol–water partition coefficient (Wildman–Crippen LogP) is 3.15. The molecule has 4 heteroatoms. The fraction of sp³-hybridized carbons (Fsp3) is 0.211. The first-order chi connectivity index (χ1) is 11.0. The lowest BCUT2D eigenvalue weighted by Crippen LogP contribution is -2.15. The molecule has 0 amide bonds. The third kappa shape index (κ3) is 4.13. The maximum Gasteiger partial charge on any atom is 0.313 e. The highest BCUT2D eigenvalue weighted by Gasteiger charge is 2.20. The molecule has 1 unspecified atom stereocenters. The highest BCUT2D eigenvalue weighted by atomic mass is 16.5. The molecular weight excluding hydrogens is 292 g/mol. The lowest BCUT2D eigenvalue weighted by atomic mass is 9.92. The van der Waals surface area contributed by atoms with Gasteiger partial charge in [0.1, 0.15) is 6.42 Å². The number of esters is 1. The number of benzene rings is 2. The molecular formula is C19H18O4. The van der Waals surface area contributed by atoms with E-state index in [1.54, 1.807) is 55.5 Å². The highest BCUT2D eigenvalue weighted by molar-refractivity contribution is 6.09. The highest BCUT2D eigenvalue weighted by Crippen LogP contribution is 2.20. The van der Waals surface area contributed by atoms with E-state index in [9.17, 15) is 14.4 Å². The Morgan fingerprint density at radius 3 is 2.26 bits per heavy atom. The van der Waals surface area contributed by atoms with Gasteiger partial charge in [0.15, 0.2) is 11.6 Å². The van der Waals surface area contributed by atoms with Crippen molar-refractivity contribution in [3.8, 4) is 0 Å². The van der Waals surface area contributed by atoms with Crippen LogP contribution in [0.1, 0.15) is 40.7 Å². The average molecular weight is 310 g/mol. The Balaban J connectivity index is 2.21. The minimum Gasteiger partial charge on any atom is -0.469 e. The number of rotatable bonds is 6. The number of ketones is 2. The minimum absolute atomic E-state index is 0.0972. The summed E-state index contributed by atoms with van der Waals surface area (Å²) in [6.45, 7) is 1.72. The summed E-state index contributed by atoms with van der Waals surface area (Å²) in [5, 5.41) is 0. The van der Waals surface area contributed by atoms with E-state index < -0.39 is 11.9 Å². The van der Waals surface area contributed by atoms with E-state index in [0.29, 0.717) is 16.7 Å². The van der Waals surface area contributed by atoms with Gasteiger partial charge in [-0.15, -0.1) is 0 Å². The van der Waals surface area contributed by atoms with E-state index in [1.807, 2.05) is 6.07 Å². The SMILES string of the molecule is COC(=O)CC(=O)C(C)c1cccc(C(=O)c2ccccc2)c1. The zero-order valence-corrected chi connectivity index (χ0v) is 13.1. The van der Waals surface area contributed by atoms with Crippen molar-refractivity contribution < 1.29 is 19.1 Å². The van der Waals surface area contributed by atoms with E-state index >= 15 is 0 Å². The standard InChI is InChI=1S/C19H18O4/c1-13(17(20)12-18(21)23-2)15-9-6-10-16(11-15)19(22)14-7-4-3-5-8-14/h3-11,13H,12H2,1-2H3. The first kappa shape index (κ1) is 16.6. The van der Waals surface area contributed by atoms with Crippen molar-refractivity contribution in [2.24, 2.45) is 0 Å². The third-order valence-electron chi connectivity index (χ3n) is 3.71. The van der Waals surface area contributed by atoms with Gasteiger partial charge in [-0.1, -0.05) is 55.5 Å². The van der Waals surface area contributed by atoms with Crippen molar-refractivity contribution >= 4 is 17.5 Å². The van der Waals surface area contributed by atoms with E-state index in [0.717, 1.165) is 0 Å². The molecule has 0 aromatic heterocycles. The Bertz CT molecular complexity index is 719. The molecule has 0 N–H and O–H groups in total. The van der Waals surface area contributed by atoms with Crippen molar-refractivity contribution in [2.75, 3.05) is 7.11 Å². The van der Waals surface area contributed by atoms with Crippen LogP contribution in [0.4, 0.5) is 0 Å². The van der Waals surface area contributed by atoms with Gasteiger partial charge in [0, 0.05) is 17.0 Å². The van der Waals surface area contributed by atoms with E-state index in [4.69, 9.17) is 0 Å². The Morgan fingerprint density at radius 1 is 0.957 bits per heavy atom. The molecule has 1 atom stereocenters. The topological polar surface area (TPSA) is 60.4 Å². The number of ether oxygens (including phenoxy) is 1. The Hall–Kier alpha value is -2.75. The Morgan fingerprint density at radius 2 is 1.61 bits per heavy atom. The van der Waals surface area contributed by atoms with E-state index in [2.05, 4.69) is 4.74 Å². The Kier molecular flexibility index (Phi) is 5.41. The van der Waals surface area contributed by atoms with Crippen LogP contribution in [0.15, 0.2) is 54.6 Å². The van der Waals surface area contributed by atoms with Gasteiger partial charge in [-0.2, -0.15) is 0 Å². The summed E-state index contributed by atoms with van der Waals surface area (Å²) in [7, 11) is 1.25. The van der Waals surface area contributed by atoms with Crippen LogP contribution < -0.4 is 0 Å². The largest absolute Gasteiger partial charge is 0.469 e. The van der Waals surface area contributed by atoms with Gasteiger partial charge in [0.05, 0.1) is 7.11 Å². The Labute approximate surface area is 135 Å². The summed E-state index contributed by atoms with van der Waals surface area (Å²) in [5.41, 5.74) is 1.82. The number of methoxy groups -OCH3 is 1. The first-order valence-corrected chi connectivity index (χ1v) is 7.32. The molecule has 0 radical (unpaired) electrons. The monoisotopic (exact) mass is 310 g/mol. The summed E-state index contributed by atoms with van der Waals surface area (Å²) in [5.74, 6) is -1.36. The van der Waals surface area contributed by atoms with Crippen molar-refractivity contribution in [1.82, 2.24) is 0 Å². The molecule has 0 saturated heterocycles. The van der Waals surface area contributed by atoms with Crippen molar-refractivity contribution in [3.05, 3.63) is 71.3 Å². The van der Waals surface area contributed by atoms with Crippen LogP contribution in [0.5, 0.6) is 0 Å². The van der Waals surface area contributed by atoms with Gasteiger partial charge in [-0.05, 0) is 11.6 Å². The molecule has 23 heavy (non-hydrogen) atoms. The van der Waals surface area contributed by atoms with Gasteiger partial charge in [-0.25, -0.2) is 0 Å². The van der Waals surface area contributed by atoms with Crippen LogP contribution in [0.25, 0.3) is 0 Å². The molecule has 2 rings (SSSR count). The molecule has 0 heterocycles. The quantitative estimate of drug-likeness (QED) is 0.467. The number of Topliss-reactive ketones (excluding diaryl/α,β-unsaturated/α-hetero) is 1. The molecule has 2 aromatic carbocycles. The number of carbonyl (C=O) groups is 3. The molecule has 0 fully saturated rings. The normalized spacial score (nSPS) is 11.6. The average Bonchev–Trinajstić information content (AvgIpc) is 2.61. The number of carbonyl (C=O) groups excluding carboxylic acids is 3. The predicted molar refractivity (Wildman–Crippen MR) is 86.4 cm³/mol. The van der Waals surface area contributed by atoms with Crippen LogP contribution in [-0.4, -0.2) is 24.6 Å². The maximum atomic E-state index is 12.5. The minimum atomic E-state index is -0.557. The van der Waals surface area contributed by atoms with Crippen LogP contribution in [0, 0.1) is 0 Å². The van der Waals surface area contributed by atoms with Crippen molar-refractivity contribution in [2.45, 2.75) is 19.3 Å². The molecule has 4 nitrogen and oxygen atoms in total. The van der Waals surface area contributed by atoms with Gasteiger partial charge < -0.3 is 4.74 Å². The van der Waals surface area contributed by atoms with Gasteiger partial charge in [0.25, 0.3) is 0 Å².